The van der Waals surface area contributed by atoms with E-state index in [0.717, 1.165) is 12.7 Å². The Labute approximate surface area is 89.3 Å². The molecule has 9 heteroatoms. The number of rotatable bonds is 5. The fraction of sp³-hybridized carbons (Fsp3) is 0.286. The molecular formula is C7H9N5O4. The van der Waals surface area contributed by atoms with Gasteiger partial charge in [-0.3, -0.25) is 20.3 Å². The van der Waals surface area contributed by atoms with Gasteiger partial charge in [0.15, 0.2) is 6.40 Å². The number of hydrogen-bond donors (Lipinski definition) is 2. The van der Waals surface area contributed by atoms with Crippen molar-refractivity contribution >= 4 is 17.9 Å². The normalized spacial score (nSPS) is 10.3. The highest BCUT2D eigenvalue weighted by molar-refractivity contribution is 5.56. The Morgan fingerprint density at radius 2 is 2.56 bits per heavy atom. The van der Waals surface area contributed by atoms with E-state index in [1.165, 1.54) is 0 Å². The van der Waals surface area contributed by atoms with Crippen molar-refractivity contribution in [2.75, 3.05) is 12.0 Å². The Hall–Kier alpha value is -2.45. The summed E-state index contributed by atoms with van der Waals surface area (Å²) in [5.41, 5.74) is 0.691. The maximum absolute atomic E-state index is 11.1. The fourth-order valence-corrected chi connectivity index (χ4v) is 0.843. The predicted molar refractivity (Wildman–Crippen MR) is 55.3 cm³/mol. The van der Waals surface area contributed by atoms with Gasteiger partial charge in [-0.15, -0.1) is 5.10 Å². The minimum Gasteiger partial charge on any atom is -0.482 e. The van der Waals surface area contributed by atoms with Gasteiger partial charge in [0.05, 0.1) is 17.9 Å². The second kappa shape index (κ2) is 5.44. The van der Waals surface area contributed by atoms with Crippen LogP contribution in [0, 0.1) is 10.1 Å². The molecule has 0 bridgehead atoms. The maximum Gasteiger partial charge on any atom is 0.377 e. The molecule has 0 fully saturated rings. The van der Waals surface area contributed by atoms with E-state index >= 15 is 0 Å². The maximum atomic E-state index is 11.1. The first-order valence-corrected chi connectivity index (χ1v) is 4.28. The Balaban J connectivity index is 2.91. The lowest BCUT2D eigenvalue weighted by molar-refractivity contribution is -0.385. The van der Waals surface area contributed by atoms with Gasteiger partial charge >= 0.3 is 11.2 Å². The van der Waals surface area contributed by atoms with Crippen LogP contribution in [-0.4, -0.2) is 27.9 Å². The van der Waals surface area contributed by atoms with Gasteiger partial charge in [-0.1, -0.05) is 0 Å². The summed E-state index contributed by atoms with van der Waals surface area (Å²) in [6.45, 7) is 2.16. The van der Waals surface area contributed by atoms with Crippen LogP contribution in [0.2, 0.25) is 0 Å². The van der Waals surface area contributed by atoms with Crippen LogP contribution in [0.5, 0.6) is 0 Å². The lowest BCUT2D eigenvalue weighted by Gasteiger charge is -1.98. The zero-order valence-electron chi connectivity index (χ0n) is 8.34. The molecule has 9 nitrogen and oxygen atoms in total. The van der Waals surface area contributed by atoms with Gasteiger partial charge < -0.3 is 9.72 Å². The number of ether oxygens (including phenoxy) is 1. The Morgan fingerprint density at radius 1 is 1.81 bits per heavy atom. The quantitative estimate of drug-likeness (QED) is 0.317. The van der Waals surface area contributed by atoms with Crippen molar-refractivity contribution < 1.29 is 9.66 Å². The molecule has 0 saturated carbocycles. The second-order valence-electron chi connectivity index (χ2n) is 2.49. The molecule has 0 unspecified atom stereocenters. The summed E-state index contributed by atoms with van der Waals surface area (Å²) < 4.78 is 4.75. The van der Waals surface area contributed by atoms with Crippen LogP contribution in [0.3, 0.4) is 0 Å². The number of hydrazone groups is 1. The number of aromatic nitrogens is 2. The first-order chi connectivity index (χ1) is 7.66. The van der Waals surface area contributed by atoms with Gasteiger partial charge in [0, 0.05) is 0 Å². The summed E-state index contributed by atoms with van der Waals surface area (Å²) in [5, 5.41) is 14.1. The van der Waals surface area contributed by atoms with Crippen molar-refractivity contribution in [2.24, 2.45) is 5.10 Å². The molecule has 0 aliphatic heterocycles. The van der Waals surface area contributed by atoms with Crippen LogP contribution in [0.25, 0.3) is 0 Å². The molecule has 0 saturated heterocycles. The molecule has 0 spiro atoms. The Bertz CT molecular complexity index is 454. The molecule has 1 aromatic heterocycles. The summed E-state index contributed by atoms with van der Waals surface area (Å²) in [6.07, 6.45) is 2.10. The molecule has 0 amide bonds. The monoisotopic (exact) mass is 227 g/mol. The summed E-state index contributed by atoms with van der Waals surface area (Å²) in [5.74, 6) is -0.246. The van der Waals surface area contributed by atoms with E-state index in [-0.39, 0.29) is 5.82 Å². The van der Waals surface area contributed by atoms with Crippen molar-refractivity contribution in [1.29, 1.82) is 0 Å². The standard InChI is InChI=1S/C7H9N5O4/c1-2-16-4-10-11-6-5(12(14)15)7(13)9-3-8-6/h3-4H,2H2,1H3,(H2,8,9,11,13)/b10-4+. The van der Waals surface area contributed by atoms with E-state index in [0.29, 0.717) is 6.61 Å². The van der Waals surface area contributed by atoms with Crippen LogP contribution in [-0.2, 0) is 4.74 Å². The number of nitro groups is 1. The van der Waals surface area contributed by atoms with E-state index in [1.807, 2.05) is 0 Å². The fourth-order valence-electron chi connectivity index (χ4n) is 0.843. The number of aromatic amines is 1. The number of H-pyrrole nitrogens is 1. The number of nitrogens with zero attached hydrogens (tertiary/aromatic N) is 3. The molecule has 0 aromatic carbocycles. The second-order valence-corrected chi connectivity index (χ2v) is 2.49. The van der Waals surface area contributed by atoms with E-state index in [1.54, 1.807) is 6.92 Å². The zero-order chi connectivity index (χ0) is 12.0. The van der Waals surface area contributed by atoms with Crippen molar-refractivity contribution in [1.82, 2.24) is 9.97 Å². The molecule has 0 aliphatic rings. The zero-order valence-corrected chi connectivity index (χ0v) is 8.34. The third-order valence-electron chi connectivity index (χ3n) is 1.48. The molecule has 1 aromatic rings. The number of hydrogen-bond acceptors (Lipinski definition) is 7. The lowest BCUT2D eigenvalue weighted by Crippen LogP contribution is -2.14. The van der Waals surface area contributed by atoms with Crippen LogP contribution in [0.1, 0.15) is 6.92 Å². The smallest absolute Gasteiger partial charge is 0.377 e. The largest absolute Gasteiger partial charge is 0.482 e. The number of anilines is 1. The van der Waals surface area contributed by atoms with Gasteiger partial charge in [-0.05, 0) is 6.92 Å². The molecule has 0 radical (unpaired) electrons. The van der Waals surface area contributed by atoms with Crippen molar-refractivity contribution in [3.63, 3.8) is 0 Å². The summed E-state index contributed by atoms with van der Waals surface area (Å²) in [7, 11) is 0. The SMILES string of the molecule is CCO/C=N/Nc1nc[nH]c(=O)c1[N+](=O)[O-]. The van der Waals surface area contributed by atoms with Gasteiger partial charge in [0.25, 0.3) is 0 Å². The Morgan fingerprint density at radius 3 is 3.19 bits per heavy atom. The minimum atomic E-state index is -0.853. The van der Waals surface area contributed by atoms with Crippen molar-refractivity contribution in [2.45, 2.75) is 6.92 Å². The molecule has 16 heavy (non-hydrogen) atoms. The minimum absolute atomic E-state index is 0.246. The summed E-state index contributed by atoms with van der Waals surface area (Å²) in [4.78, 5) is 26.5. The first kappa shape index (κ1) is 11.6. The average molecular weight is 227 g/mol. The molecule has 1 heterocycles. The van der Waals surface area contributed by atoms with Crippen molar-refractivity contribution in [3.05, 3.63) is 26.8 Å². The predicted octanol–water partition coefficient (Wildman–Crippen LogP) is 0.0698. The average Bonchev–Trinajstić information content (AvgIpc) is 2.24. The van der Waals surface area contributed by atoms with E-state index in [9.17, 15) is 14.9 Å². The van der Waals surface area contributed by atoms with Crippen LogP contribution in [0.4, 0.5) is 11.5 Å². The molecule has 86 valence electrons. The van der Waals surface area contributed by atoms with E-state index < -0.39 is 16.2 Å². The third-order valence-corrected chi connectivity index (χ3v) is 1.48. The first-order valence-electron chi connectivity index (χ1n) is 4.28. The van der Waals surface area contributed by atoms with Gasteiger partial charge in [-0.25, -0.2) is 4.98 Å². The van der Waals surface area contributed by atoms with E-state index in [4.69, 9.17) is 4.74 Å². The van der Waals surface area contributed by atoms with Gasteiger partial charge in [-0.2, -0.15) is 0 Å². The lowest BCUT2D eigenvalue weighted by atomic mass is 10.5. The highest BCUT2D eigenvalue weighted by Crippen LogP contribution is 2.14. The van der Waals surface area contributed by atoms with Crippen molar-refractivity contribution in [3.8, 4) is 0 Å². The highest BCUT2D eigenvalue weighted by Gasteiger charge is 2.19. The highest BCUT2D eigenvalue weighted by atomic mass is 16.6. The summed E-state index contributed by atoms with van der Waals surface area (Å²) >= 11 is 0. The van der Waals surface area contributed by atoms with Crippen LogP contribution >= 0.6 is 0 Å². The van der Waals surface area contributed by atoms with Crippen LogP contribution < -0.4 is 11.0 Å². The topological polar surface area (TPSA) is 123 Å². The van der Waals surface area contributed by atoms with Crippen LogP contribution in [0.15, 0.2) is 16.2 Å². The molecule has 1 rings (SSSR count). The molecule has 0 aliphatic carbocycles. The molecule has 2 N–H and O–H groups in total. The van der Waals surface area contributed by atoms with Gasteiger partial charge in [0.2, 0.25) is 5.82 Å². The third kappa shape index (κ3) is 2.77. The van der Waals surface area contributed by atoms with E-state index in [2.05, 4.69) is 20.5 Å². The summed E-state index contributed by atoms with van der Waals surface area (Å²) in [6, 6.07) is 0. The Kier molecular flexibility index (Phi) is 3.95. The number of nitrogens with one attached hydrogen (secondary N) is 2. The van der Waals surface area contributed by atoms with Gasteiger partial charge in [0.1, 0.15) is 0 Å². The molecule has 0 atom stereocenters. The molecular weight excluding hydrogens is 218 g/mol.